The molecule has 0 unspecified atom stereocenters. The van der Waals surface area contributed by atoms with Crippen molar-refractivity contribution in [1.82, 2.24) is 4.98 Å². The van der Waals surface area contributed by atoms with Crippen LogP contribution in [0.2, 0.25) is 0 Å². The van der Waals surface area contributed by atoms with E-state index in [-0.39, 0.29) is 0 Å². The number of primary amides is 1. The molecule has 0 radical (unpaired) electrons. The van der Waals surface area contributed by atoms with Gasteiger partial charge in [0.15, 0.2) is 0 Å². The minimum Gasteiger partial charge on any atom is -0.366 e. The Bertz CT molecular complexity index is 547. The molecule has 0 saturated carbocycles. The van der Waals surface area contributed by atoms with Gasteiger partial charge in [-0.25, -0.2) is 0 Å². The predicted molar refractivity (Wildman–Crippen MR) is 59.7 cm³/mol. The maximum absolute atomic E-state index is 11.0. The summed E-state index contributed by atoms with van der Waals surface area (Å²) < 4.78 is 0. The number of hydrogen-bond acceptors (Lipinski definition) is 2. The second-order valence-corrected chi connectivity index (χ2v) is 3.74. The minimum absolute atomic E-state index is 0.441. The van der Waals surface area contributed by atoms with Crippen molar-refractivity contribution in [3.05, 3.63) is 41.1 Å². The Kier molecular flexibility index (Phi) is 2.15. The van der Waals surface area contributed by atoms with E-state index in [2.05, 4.69) is 11.1 Å². The van der Waals surface area contributed by atoms with Gasteiger partial charge >= 0.3 is 0 Å². The van der Waals surface area contributed by atoms with Crippen LogP contribution in [-0.4, -0.2) is 10.9 Å². The summed E-state index contributed by atoms with van der Waals surface area (Å²) in [5.74, 6) is -0.441. The molecular formula is C12H12N2O. The molecule has 0 fully saturated rings. The van der Waals surface area contributed by atoms with Crippen molar-refractivity contribution >= 4 is 16.8 Å². The smallest absolute Gasteiger partial charge is 0.250 e. The molecular weight excluding hydrogens is 188 g/mol. The standard InChI is InChI=1S/C12H12N2O/c1-7-3-8(2)11-9(4-7)5-10(6-14-11)12(13)15/h3-6H,1-2H3,(H2,13,15). The van der Waals surface area contributed by atoms with Crippen LogP contribution in [0.4, 0.5) is 0 Å². The molecule has 2 N–H and O–H groups in total. The van der Waals surface area contributed by atoms with Crippen molar-refractivity contribution in [2.45, 2.75) is 13.8 Å². The van der Waals surface area contributed by atoms with Gasteiger partial charge in [0.2, 0.25) is 5.91 Å². The molecule has 1 aromatic carbocycles. The van der Waals surface area contributed by atoms with Crippen molar-refractivity contribution in [3.8, 4) is 0 Å². The summed E-state index contributed by atoms with van der Waals surface area (Å²) >= 11 is 0. The summed E-state index contributed by atoms with van der Waals surface area (Å²) in [6, 6.07) is 5.85. The molecule has 0 aliphatic carbocycles. The van der Waals surface area contributed by atoms with E-state index >= 15 is 0 Å². The lowest BCUT2D eigenvalue weighted by molar-refractivity contribution is 0.1000. The third-order valence-corrected chi connectivity index (χ3v) is 2.40. The van der Waals surface area contributed by atoms with Crippen molar-refractivity contribution < 1.29 is 4.79 Å². The number of benzene rings is 1. The fraction of sp³-hybridized carbons (Fsp3) is 0.167. The number of hydrogen-bond donors (Lipinski definition) is 1. The SMILES string of the molecule is Cc1cc(C)c2ncc(C(N)=O)cc2c1. The lowest BCUT2D eigenvalue weighted by Crippen LogP contribution is -2.11. The summed E-state index contributed by atoms with van der Waals surface area (Å²) in [5, 5.41) is 0.962. The number of pyridine rings is 1. The van der Waals surface area contributed by atoms with E-state index in [1.165, 1.54) is 6.20 Å². The zero-order valence-corrected chi connectivity index (χ0v) is 8.74. The fourth-order valence-corrected chi connectivity index (χ4v) is 1.75. The number of aromatic nitrogens is 1. The number of aryl methyl sites for hydroxylation is 2. The average molecular weight is 200 g/mol. The Hall–Kier alpha value is -1.90. The van der Waals surface area contributed by atoms with Crippen molar-refractivity contribution in [1.29, 1.82) is 0 Å². The first-order chi connectivity index (χ1) is 7.08. The quantitative estimate of drug-likeness (QED) is 0.764. The number of carbonyl (C=O) groups excluding carboxylic acids is 1. The molecule has 2 rings (SSSR count). The van der Waals surface area contributed by atoms with Gasteiger partial charge in [-0.1, -0.05) is 11.6 Å². The highest BCUT2D eigenvalue weighted by Crippen LogP contribution is 2.19. The molecule has 0 saturated heterocycles. The van der Waals surface area contributed by atoms with Gasteiger partial charge in [0.25, 0.3) is 0 Å². The summed E-state index contributed by atoms with van der Waals surface area (Å²) in [6.45, 7) is 4.02. The average Bonchev–Trinajstić information content (AvgIpc) is 2.16. The summed E-state index contributed by atoms with van der Waals surface area (Å²) in [7, 11) is 0. The zero-order chi connectivity index (χ0) is 11.0. The molecule has 0 aliphatic heterocycles. The zero-order valence-electron chi connectivity index (χ0n) is 8.74. The lowest BCUT2D eigenvalue weighted by Gasteiger charge is -2.04. The number of nitrogens with two attached hydrogens (primary N) is 1. The molecule has 1 aromatic heterocycles. The first-order valence-corrected chi connectivity index (χ1v) is 4.75. The van der Waals surface area contributed by atoms with Crippen LogP contribution in [0.1, 0.15) is 21.5 Å². The lowest BCUT2D eigenvalue weighted by atomic mass is 10.1. The first-order valence-electron chi connectivity index (χ1n) is 4.75. The van der Waals surface area contributed by atoms with Gasteiger partial charge in [-0.3, -0.25) is 9.78 Å². The van der Waals surface area contributed by atoms with E-state index in [9.17, 15) is 4.79 Å². The van der Waals surface area contributed by atoms with Crippen molar-refractivity contribution in [3.63, 3.8) is 0 Å². The molecule has 76 valence electrons. The van der Waals surface area contributed by atoms with Gasteiger partial charge in [-0.05, 0) is 31.5 Å². The predicted octanol–water partition coefficient (Wildman–Crippen LogP) is 1.95. The van der Waals surface area contributed by atoms with Gasteiger partial charge < -0.3 is 5.73 Å². The largest absolute Gasteiger partial charge is 0.366 e. The third kappa shape index (κ3) is 1.68. The number of fused-ring (bicyclic) bond motifs is 1. The minimum atomic E-state index is -0.441. The molecule has 3 heteroatoms. The fourth-order valence-electron chi connectivity index (χ4n) is 1.75. The van der Waals surface area contributed by atoms with Crippen LogP contribution < -0.4 is 5.73 Å². The Morgan fingerprint density at radius 3 is 2.67 bits per heavy atom. The molecule has 0 atom stereocenters. The van der Waals surface area contributed by atoms with E-state index in [0.29, 0.717) is 5.56 Å². The van der Waals surface area contributed by atoms with Crippen LogP contribution in [0, 0.1) is 13.8 Å². The number of amides is 1. The Morgan fingerprint density at radius 2 is 2.00 bits per heavy atom. The number of carbonyl (C=O) groups is 1. The van der Waals surface area contributed by atoms with Crippen molar-refractivity contribution in [2.24, 2.45) is 5.73 Å². The number of rotatable bonds is 1. The highest BCUT2D eigenvalue weighted by atomic mass is 16.1. The molecule has 1 heterocycles. The summed E-state index contributed by atoms with van der Waals surface area (Å²) in [5.41, 5.74) is 8.84. The van der Waals surface area contributed by atoms with E-state index in [4.69, 9.17) is 5.73 Å². The second kappa shape index (κ2) is 3.35. The van der Waals surface area contributed by atoms with Crippen LogP contribution in [0.25, 0.3) is 10.9 Å². The molecule has 0 spiro atoms. The molecule has 0 bridgehead atoms. The maximum atomic E-state index is 11.0. The van der Waals surface area contributed by atoms with Gasteiger partial charge in [0.1, 0.15) is 0 Å². The normalized spacial score (nSPS) is 10.5. The maximum Gasteiger partial charge on any atom is 0.250 e. The molecule has 3 nitrogen and oxygen atoms in total. The van der Waals surface area contributed by atoms with E-state index in [0.717, 1.165) is 22.0 Å². The van der Waals surface area contributed by atoms with E-state index < -0.39 is 5.91 Å². The monoisotopic (exact) mass is 200 g/mol. The topological polar surface area (TPSA) is 56.0 Å². The second-order valence-electron chi connectivity index (χ2n) is 3.74. The van der Waals surface area contributed by atoms with Crippen LogP contribution in [0.3, 0.4) is 0 Å². The van der Waals surface area contributed by atoms with Gasteiger partial charge in [0, 0.05) is 11.6 Å². The Labute approximate surface area is 87.9 Å². The molecule has 15 heavy (non-hydrogen) atoms. The van der Waals surface area contributed by atoms with Gasteiger partial charge in [0.05, 0.1) is 11.1 Å². The molecule has 2 aromatic rings. The van der Waals surface area contributed by atoms with Crippen LogP contribution >= 0.6 is 0 Å². The van der Waals surface area contributed by atoms with Gasteiger partial charge in [-0.15, -0.1) is 0 Å². The van der Waals surface area contributed by atoms with Crippen LogP contribution in [-0.2, 0) is 0 Å². The number of nitrogens with zero attached hydrogens (tertiary/aromatic N) is 1. The Morgan fingerprint density at radius 1 is 1.27 bits per heavy atom. The summed E-state index contributed by atoms with van der Waals surface area (Å²) in [6.07, 6.45) is 1.52. The third-order valence-electron chi connectivity index (χ3n) is 2.40. The van der Waals surface area contributed by atoms with Gasteiger partial charge in [-0.2, -0.15) is 0 Å². The Balaban J connectivity index is 2.76. The van der Waals surface area contributed by atoms with Crippen LogP contribution in [0.5, 0.6) is 0 Å². The van der Waals surface area contributed by atoms with E-state index in [1.807, 2.05) is 19.9 Å². The van der Waals surface area contributed by atoms with Crippen molar-refractivity contribution in [2.75, 3.05) is 0 Å². The highest BCUT2D eigenvalue weighted by molar-refractivity contribution is 5.96. The first kappa shape index (κ1) is 9.65. The highest BCUT2D eigenvalue weighted by Gasteiger charge is 2.04. The summed E-state index contributed by atoms with van der Waals surface area (Å²) in [4.78, 5) is 15.2. The van der Waals surface area contributed by atoms with Crippen LogP contribution in [0.15, 0.2) is 24.4 Å². The molecule has 0 aliphatic rings. The van der Waals surface area contributed by atoms with E-state index in [1.54, 1.807) is 6.07 Å². The molecule has 1 amide bonds.